The SMILES string of the molecule is C[C@]12CC[C@H](OC(=O)c3ccccc3)CC1=CC[C@@H]1[C@@H]2CC[C@@]2(C)[C@H]1C/C(=C\Cl)C2(Cl)Cl. The van der Waals surface area contributed by atoms with Crippen LogP contribution in [-0.2, 0) is 4.74 Å². The molecule has 0 saturated heterocycles. The van der Waals surface area contributed by atoms with Gasteiger partial charge in [-0.05, 0) is 79.4 Å². The van der Waals surface area contributed by atoms with Gasteiger partial charge in [-0.15, -0.1) is 0 Å². The number of hydrogen-bond donors (Lipinski definition) is 0. The molecule has 5 heteroatoms. The van der Waals surface area contributed by atoms with E-state index >= 15 is 0 Å². The molecule has 4 aliphatic carbocycles. The molecule has 2 nitrogen and oxygen atoms in total. The molecule has 0 heterocycles. The van der Waals surface area contributed by atoms with Crippen LogP contribution in [0.1, 0.15) is 69.2 Å². The van der Waals surface area contributed by atoms with E-state index in [2.05, 4.69) is 19.9 Å². The summed E-state index contributed by atoms with van der Waals surface area (Å²) in [6.07, 6.45) is 9.33. The van der Waals surface area contributed by atoms with Gasteiger partial charge in [0.15, 0.2) is 0 Å². The summed E-state index contributed by atoms with van der Waals surface area (Å²) in [5.41, 5.74) is 4.73. The number of carbonyl (C=O) groups excluding carboxylic acids is 1. The number of esters is 1. The molecular weight excluding hydrogens is 463 g/mol. The van der Waals surface area contributed by atoms with Crippen LogP contribution >= 0.6 is 34.8 Å². The van der Waals surface area contributed by atoms with Gasteiger partial charge in [0.25, 0.3) is 0 Å². The fraction of sp³-hybridized carbons (Fsp3) is 0.593. The summed E-state index contributed by atoms with van der Waals surface area (Å²) in [6, 6.07) is 9.30. The van der Waals surface area contributed by atoms with Gasteiger partial charge in [-0.1, -0.05) is 78.5 Å². The molecule has 0 bridgehead atoms. The molecule has 5 rings (SSSR count). The van der Waals surface area contributed by atoms with Crippen molar-refractivity contribution in [2.45, 2.75) is 69.2 Å². The van der Waals surface area contributed by atoms with Crippen molar-refractivity contribution in [3.63, 3.8) is 0 Å². The van der Waals surface area contributed by atoms with E-state index in [0.29, 0.717) is 23.3 Å². The summed E-state index contributed by atoms with van der Waals surface area (Å²) < 4.78 is 5.04. The number of rotatable bonds is 2. The first-order valence-corrected chi connectivity index (χ1v) is 13.0. The minimum atomic E-state index is -0.876. The highest BCUT2D eigenvalue weighted by molar-refractivity contribution is 6.51. The maximum Gasteiger partial charge on any atom is 0.338 e. The molecule has 172 valence electrons. The third-order valence-corrected chi connectivity index (χ3v) is 11.0. The molecule has 3 fully saturated rings. The molecule has 0 aliphatic heterocycles. The van der Waals surface area contributed by atoms with Crippen LogP contribution in [0.15, 0.2) is 53.1 Å². The molecule has 0 amide bonds. The summed E-state index contributed by atoms with van der Waals surface area (Å²) >= 11 is 20.0. The Hall–Kier alpha value is -0.960. The van der Waals surface area contributed by atoms with Gasteiger partial charge in [-0.3, -0.25) is 0 Å². The number of allylic oxidation sites excluding steroid dienone is 2. The van der Waals surface area contributed by atoms with E-state index in [-0.39, 0.29) is 22.9 Å². The molecular formula is C27H31Cl3O2. The van der Waals surface area contributed by atoms with Crippen LogP contribution in [0.2, 0.25) is 0 Å². The average molecular weight is 494 g/mol. The Morgan fingerprint density at radius 3 is 2.53 bits per heavy atom. The second-order valence-electron chi connectivity index (χ2n) is 10.8. The van der Waals surface area contributed by atoms with Crippen LogP contribution in [0.3, 0.4) is 0 Å². The van der Waals surface area contributed by atoms with Crippen LogP contribution in [0, 0.1) is 28.6 Å². The summed E-state index contributed by atoms with van der Waals surface area (Å²) in [6.45, 7) is 4.71. The Bertz CT molecular complexity index is 968. The number of halogens is 3. The van der Waals surface area contributed by atoms with Crippen LogP contribution in [0.25, 0.3) is 0 Å². The number of hydrogen-bond acceptors (Lipinski definition) is 2. The second-order valence-corrected chi connectivity index (χ2v) is 12.3. The van der Waals surface area contributed by atoms with Crippen molar-refractivity contribution in [2.75, 3.05) is 0 Å². The first-order valence-electron chi connectivity index (χ1n) is 11.8. The van der Waals surface area contributed by atoms with E-state index in [1.807, 2.05) is 30.3 Å². The Balaban J connectivity index is 1.36. The second kappa shape index (κ2) is 8.07. The molecule has 1 aromatic rings. The lowest BCUT2D eigenvalue weighted by Crippen LogP contribution is -2.52. The van der Waals surface area contributed by atoms with Crippen molar-refractivity contribution in [1.82, 2.24) is 0 Å². The molecule has 0 unspecified atom stereocenters. The van der Waals surface area contributed by atoms with E-state index < -0.39 is 4.33 Å². The van der Waals surface area contributed by atoms with Gasteiger partial charge in [-0.25, -0.2) is 4.79 Å². The minimum absolute atomic E-state index is 0.0389. The van der Waals surface area contributed by atoms with Crippen molar-refractivity contribution in [3.05, 3.63) is 58.7 Å². The third kappa shape index (κ3) is 3.31. The average Bonchev–Trinajstić information content (AvgIpc) is 2.99. The Kier molecular flexibility index (Phi) is 5.75. The van der Waals surface area contributed by atoms with E-state index in [1.54, 1.807) is 5.54 Å². The van der Waals surface area contributed by atoms with Gasteiger partial charge in [0.2, 0.25) is 0 Å². The number of benzene rings is 1. The topological polar surface area (TPSA) is 26.3 Å². The van der Waals surface area contributed by atoms with Crippen molar-refractivity contribution >= 4 is 40.8 Å². The Morgan fingerprint density at radius 2 is 1.81 bits per heavy atom. The van der Waals surface area contributed by atoms with Crippen LogP contribution in [0.4, 0.5) is 0 Å². The third-order valence-electron chi connectivity index (χ3n) is 9.42. The van der Waals surface area contributed by atoms with Gasteiger partial charge < -0.3 is 4.74 Å². The van der Waals surface area contributed by atoms with Gasteiger partial charge in [0.1, 0.15) is 10.4 Å². The predicted octanol–water partition coefficient (Wildman–Crippen LogP) is 8.08. The van der Waals surface area contributed by atoms with Crippen molar-refractivity contribution in [3.8, 4) is 0 Å². The molecule has 4 aliphatic rings. The highest BCUT2D eigenvalue weighted by Gasteiger charge is 2.65. The lowest BCUT2D eigenvalue weighted by Gasteiger charge is -2.58. The van der Waals surface area contributed by atoms with E-state index in [9.17, 15) is 4.79 Å². The molecule has 1 aromatic carbocycles. The van der Waals surface area contributed by atoms with Gasteiger partial charge >= 0.3 is 5.97 Å². The summed E-state index contributed by atoms with van der Waals surface area (Å²) in [7, 11) is 0. The normalized spacial score (nSPS) is 41.3. The number of fused-ring (bicyclic) bond motifs is 5. The highest BCUT2D eigenvalue weighted by atomic mass is 35.5. The number of ether oxygens (including phenoxy) is 1. The number of carbonyl (C=O) groups is 1. The van der Waals surface area contributed by atoms with Crippen molar-refractivity contribution in [2.24, 2.45) is 28.6 Å². The molecule has 0 spiro atoms. The zero-order chi connectivity index (χ0) is 22.7. The summed E-state index contributed by atoms with van der Waals surface area (Å²) in [5, 5.41) is 0. The van der Waals surface area contributed by atoms with E-state index in [1.165, 1.54) is 5.57 Å². The lowest BCUT2D eigenvalue weighted by atomic mass is 9.48. The molecule has 3 saturated carbocycles. The minimum Gasteiger partial charge on any atom is -0.458 e. The van der Waals surface area contributed by atoms with Gasteiger partial charge in [0, 0.05) is 17.4 Å². The predicted molar refractivity (Wildman–Crippen MR) is 131 cm³/mol. The van der Waals surface area contributed by atoms with Crippen LogP contribution in [-0.4, -0.2) is 16.4 Å². The first-order chi connectivity index (χ1) is 15.2. The Morgan fingerprint density at radius 1 is 1.06 bits per heavy atom. The zero-order valence-electron chi connectivity index (χ0n) is 18.8. The van der Waals surface area contributed by atoms with Crippen molar-refractivity contribution in [1.29, 1.82) is 0 Å². The van der Waals surface area contributed by atoms with Crippen LogP contribution < -0.4 is 0 Å². The molecule has 0 N–H and O–H groups in total. The van der Waals surface area contributed by atoms with Crippen LogP contribution in [0.5, 0.6) is 0 Å². The van der Waals surface area contributed by atoms with Crippen molar-refractivity contribution < 1.29 is 9.53 Å². The monoisotopic (exact) mass is 492 g/mol. The van der Waals surface area contributed by atoms with Gasteiger partial charge in [0.05, 0.1) is 5.56 Å². The Labute approximate surface area is 206 Å². The molecule has 6 atom stereocenters. The maximum atomic E-state index is 12.6. The maximum absolute atomic E-state index is 12.6. The zero-order valence-corrected chi connectivity index (χ0v) is 21.0. The van der Waals surface area contributed by atoms with E-state index in [0.717, 1.165) is 50.5 Å². The fourth-order valence-electron chi connectivity index (χ4n) is 7.45. The molecule has 32 heavy (non-hydrogen) atoms. The largest absolute Gasteiger partial charge is 0.458 e. The quantitative estimate of drug-likeness (QED) is 0.236. The molecule has 0 aromatic heterocycles. The molecule has 0 radical (unpaired) electrons. The fourth-order valence-corrected chi connectivity index (χ4v) is 8.55. The lowest BCUT2D eigenvalue weighted by molar-refractivity contribution is -0.0423. The first kappa shape index (κ1) is 22.8. The number of alkyl halides is 2. The van der Waals surface area contributed by atoms with E-state index in [4.69, 9.17) is 39.5 Å². The summed E-state index contributed by atoms with van der Waals surface area (Å²) in [4.78, 5) is 12.6. The smallest absolute Gasteiger partial charge is 0.338 e. The summed E-state index contributed by atoms with van der Waals surface area (Å²) in [5.74, 6) is 1.42. The van der Waals surface area contributed by atoms with Gasteiger partial charge in [-0.2, -0.15) is 0 Å². The standard InChI is InChI=1S/C27H31Cl3O2/c1-25-12-10-20(32-24(31)17-6-4-3-5-7-17)14-18(25)8-9-21-22(25)11-13-26(2)23(21)15-19(16-28)27(26,29)30/h3-8,16,20-23H,9-15H2,1-2H3/b19-16+/t20-,21+,22-,23-,25-,26-/m0/s1. The highest BCUT2D eigenvalue weighted by Crippen LogP contribution is 2.70.